The first kappa shape index (κ1) is 13.8. The third-order valence-electron chi connectivity index (χ3n) is 3.65. The van der Waals surface area contributed by atoms with Crippen LogP contribution >= 0.6 is 0 Å². The molecule has 19 heavy (non-hydrogen) atoms. The molecule has 0 unspecified atom stereocenters. The van der Waals surface area contributed by atoms with Crippen molar-refractivity contribution in [2.45, 2.75) is 38.6 Å². The van der Waals surface area contributed by atoms with Gasteiger partial charge >= 0.3 is 0 Å². The molecule has 1 amide bonds. The van der Waals surface area contributed by atoms with E-state index in [1.54, 1.807) is 24.0 Å². The lowest BCUT2D eigenvalue weighted by atomic mass is 10.1. The van der Waals surface area contributed by atoms with Gasteiger partial charge in [0.2, 0.25) is 0 Å². The normalized spacial score (nSPS) is 15.7. The van der Waals surface area contributed by atoms with Crippen LogP contribution in [0.5, 0.6) is 0 Å². The summed E-state index contributed by atoms with van der Waals surface area (Å²) in [4.78, 5) is 28.6. The van der Waals surface area contributed by atoms with Crippen molar-refractivity contribution in [3.05, 3.63) is 33.7 Å². The quantitative estimate of drug-likeness (QED) is 0.854. The fourth-order valence-electron chi connectivity index (χ4n) is 2.67. The maximum absolute atomic E-state index is 12.4. The predicted octanol–water partition coefficient (Wildman–Crippen LogP) is 1.06. The maximum atomic E-state index is 12.4. The smallest absolute Gasteiger partial charge is 0.260 e. The topological polar surface area (TPSA) is 73.4 Å². The average Bonchev–Trinajstić information content (AvgIpc) is 2.89. The number of carbonyl (C=O) groups is 1. The number of aromatic amines is 1. The number of aryl methyl sites for hydroxylation is 1. The summed E-state index contributed by atoms with van der Waals surface area (Å²) in [5.41, 5.74) is 0.535. The van der Waals surface area contributed by atoms with Crippen LogP contribution in [0.3, 0.4) is 0 Å². The van der Waals surface area contributed by atoms with E-state index in [1.807, 2.05) is 0 Å². The van der Waals surface area contributed by atoms with Crippen LogP contribution in [0, 0.1) is 6.92 Å². The Bertz CT molecular complexity index is 504. The molecule has 5 heteroatoms. The van der Waals surface area contributed by atoms with Crippen molar-refractivity contribution in [3.8, 4) is 0 Å². The van der Waals surface area contributed by atoms with Crippen LogP contribution in [0.4, 0.5) is 0 Å². The number of aromatic nitrogens is 1. The second kappa shape index (κ2) is 6.02. The molecule has 0 aromatic carbocycles. The van der Waals surface area contributed by atoms with Gasteiger partial charge in [-0.3, -0.25) is 9.59 Å². The zero-order valence-electron chi connectivity index (χ0n) is 11.2. The van der Waals surface area contributed by atoms with Crippen molar-refractivity contribution in [1.29, 1.82) is 0 Å². The Morgan fingerprint density at radius 1 is 1.42 bits per heavy atom. The van der Waals surface area contributed by atoms with Gasteiger partial charge in [-0.15, -0.1) is 0 Å². The fourth-order valence-corrected chi connectivity index (χ4v) is 2.67. The number of rotatable bonds is 4. The van der Waals surface area contributed by atoms with Crippen LogP contribution in [-0.4, -0.2) is 40.1 Å². The highest BCUT2D eigenvalue weighted by atomic mass is 16.3. The van der Waals surface area contributed by atoms with Gasteiger partial charge in [0.05, 0.1) is 6.61 Å². The van der Waals surface area contributed by atoms with Crippen molar-refractivity contribution < 1.29 is 9.90 Å². The molecule has 2 rings (SSSR count). The Balaban J connectivity index is 2.25. The molecule has 5 nitrogen and oxygen atoms in total. The van der Waals surface area contributed by atoms with Crippen LogP contribution in [0.2, 0.25) is 0 Å². The molecule has 1 aromatic rings. The third kappa shape index (κ3) is 3.04. The number of pyridine rings is 1. The number of aliphatic hydroxyl groups is 1. The van der Waals surface area contributed by atoms with E-state index in [0.29, 0.717) is 0 Å². The molecule has 0 aliphatic heterocycles. The van der Waals surface area contributed by atoms with E-state index in [9.17, 15) is 9.59 Å². The van der Waals surface area contributed by atoms with Crippen LogP contribution in [0.15, 0.2) is 16.9 Å². The Labute approximate surface area is 112 Å². The number of hydrogen-bond donors (Lipinski definition) is 2. The van der Waals surface area contributed by atoms with E-state index in [2.05, 4.69) is 4.98 Å². The van der Waals surface area contributed by atoms with Gasteiger partial charge in [-0.05, 0) is 31.9 Å². The highest BCUT2D eigenvalue weighted by Crippen LogP contribution is 2.24. The SMILES string of the molecule is Cc1ccc(C(=O)N(CCO)C2CCCC2)c(=O)[nH]1. The van der Waals surface area contributed by atoms with Crippen molar-refractivity contribution in [1.82, 2.24) is 9.88 Å². The zero-order valence-corrected chi connectivity index (χ0v) is 11.2. The minimum absolute atomic E-state index is 0.0774. The van der Waals surface area contributed by atoms with Gasteiger partial charge in [0.25, 0.3) is 11.5 Å². The molecule has 1 aliphatic carbocycles. The van der Waals surface area contributed by atoms with E-state index >= 15 is 0 Å². The fraction of sp³-hybridized carbons (Fsp3) is 0.571. The highest BCUT2D eigenvalue weighted by molar-refractivity contribution is 5.94. The largest absolute Gasteiger partial charge is 0.395 e. The third-order valence-corrected chi connectivity index (χ3v) is 3.65. The summed E-state index contributed by atoms with van der Waals surface area (Å²) >= 11 is 0. The van der Waals surface area contributed by atoms with Crippen molar-refractivity contribution in [2.24, 2.45) is 0 Å². The molecule has 104 valence electrons. The summed E-state index contributed by atoms with van der Waals surface area (Å²) in [5, 5.41) is 9.13. The second-order valence-corrected chi connectivity index (χ2v) is 5.04. The molecule has 1 fully saturated rings. The molecule has 0 saturated heterocycles. The van der Waals surface area contributed by atoms with E-state index < -0.39 is 0 Å². The monoisotopic (exact) mass is 264 g/mol. The maximum Gasteiger partial charge on any atom is 0.260 e. The average molecular weight is 264 g/mol. The number of aliphatic hydroxyl groups excluding tert-OH is 1. The van der Waals surface area contributed by atoms with Gasteiger partial charge in [-0.25, -0.2) is 0 Å². The first-order chi connectivity index (χ1) is 9.13. The van der Waals surface area contributed by atoms with Crippen LogP contribution in [0.25, 0.3) is 0 Å². The molecule has 0 bridgehead atoms. The predicted molar refractivity (Wildman–Crippen MR) is 72.2 cm³/mol. The molecule has 1 saturated carbocycles. The summed E-state index contributed by atoms with van der Waals surface area (Å²) < 4.78 is 0. The molecule has 0 atom stereocenters. The summed E-state index contributed by atoms with van der Waals surface area (Å²) in [6.07, 6.45) is 4.11. The number of hydrogen-bond acceptors (Lipinski definition) is 3. The standard InChI is InChI=1S/C14H20N2O3/c1-10-6-7-12(13(18)15-10)14(19)16(8-9-17)11-4-2-3-5-11/h6-7,11,17H,2-5,8-9H2,1H3,(H,15,18). The Morgan fingerprint density at radius 2 is 2.11 bits per heavy atom. The number of nitrogens with one attached hydrogen (secondary N) is 1. The van der Waals surface area contributed by atoms with Crippen LogP contribution in [-0.2, 0) is 0 Å². The lowest BCUT2D eigenvalue weighted by Crippen LogP contribution is -2.42. The summed E-state index contributed by atoms with van der Waals surface area (Å²) in [6.45, 7) is 1.99. The molecule has 1 aliphatic rings. The minimum atomic E-state index is -0.356. The summed E-state index contributed by atoms with van der Waals surface area (Å²) in [5.74, 6) is -0.276. The highest BCUT2D eigenvalue weighted by Gasteiger charge is 2.28. The Morgan fingerprint density at radius 3 is 2.68 bits per heavy atom. The zero-order chi connectivity index (χ0) is 13.8. The second-order valence-electron chi connectivity index (χ2n) is 5.04. The van der Waals surface area contributed by atoms with E-state index in [1.165, 1.54) is 0 Å². The van der Waals surface area contributed by atoms with Gasteiger partial charge in [0, 0.05) is 18.3 Å². The molecule has 2 N–H and O–H groups in total. The van der Waals surface area contributed by atoms with Crippen molar-refractivity contribution in [3.63, 3.8) is 0 Å². The number of nitrogens with zero attached hydrogens (tertiary/aromatic N) is 1. The summed E-state index contributed by atoms with van der Waals surface area (Å²) in [6, 6.07) is 3.44. The lowest BCUT2D eigenvalue weighted by molar-refractivity contribution is 0.0636. The van der Waals surface area contributed by atoms with Crippen LogP contribution in [0.1, 0.15) is 41.7 Å². The van der Waals surface area contributed by atoms with E-state index in [4.69, 9.17) is 5.11 Å². The number of H-pyrrole nitrogens is 1. The minimum Gasteiger partial charge on any atom is -0.395 e. The van der Waals surface area contributed by atoms with Crippen molar-refractivity contribution >= 4 is 5.91 Å². The van der Waals surface area contributed by atoms with Gasteiger partial charge < -0.3 is 15.0 Å². The van der Waals surface area contributed by atoms with Gasteiger partial charge in [0.1, 0.15) is 5.56 Å². The van der Waals surface area contributed by atoms with Gasteiger partial charge in [-0.1, -0.05) is 12.8 Å². The first-order valence-corrected chi connectivity index (χ1v) is 6.75. The van der Waals surface area contributed by atoms with Gasteiger partial charge in [0.15, 0.2) is 0 Å². The number of amides is 1. The first-order valence-electron chi connectivity index (χ1n) is 6.75. The molecule has 1 heterocycles. The van der Waals surface area contributed by atoms with Crippen LogP contribution < -0.4 is 5.56 Å². The molecular weight excluding hydrogens is 244 g/mol. The number of carbonyl (C=O) groups excluding carboxylic acids is 1. The van der Waals surface area contributed by atoms with Gasteiger partial charge in [-0.2, -0.15) is 0 Å². The molecular formula is C14H20N2O3. The van der Waals surface area contributed by atoms with Crippen molar-refractivity contribution in [2.75, 3.05) is 13.2 Å². The Kier molecular flexibility index (Phi) is 4.37. The van der Waals surface area contributed by atoms with E-state index in [0.717, 1.165) is 31.4 Å². The lowest BCUT2D eigenvalue weighted by Gasteiger charge is -2.28. The molecule has 0 spiro atoms. The summed E-state index contributed by atoms with van der Waals surface area (Å²) in [7, 11) is 0. The van der Waals surface area contributed by atoms with E-state index in [-0.39, 0.29) is 36.2 Å². The molecule has 1 aromatic heterocycles. The molecule has 0 radical (unpaired) electrons. The Hall–Kier alpha value is -1.62.